The first kappa shape index (κ1) is 16.5. The molecule has 0 spiro atoms. The Labute approximate surface area is 121 Å². The van der Waals surface area contributed by atoms with Crippen LogP contribution in [-0.2, 0) is 4.79 Å². The standard InChI is InChI=1S/C16H26N2O2/c1-3-5-13(10-11-17)8-9-16(20)18(2)14-6-4-7-15(19)12-14/h4,6-7,12-13,19H,3,5,8-11,17H2,1-2H3. The number of amides is 1. The van der Waals surface area contributed by atoms with Crippen LogP contribution >= 0.6 is 0 Å². The van der Waals surface area contributed by atoms with Gasteiger partial charge in [0.1, 0.15) is 5.75 Å². The van der Waals surface area contributed by atoms with Gasteiger partial charge in [0.05, 0.1) is 0 Å². The van der Waals surface area contributed by atoms with Crippen LogP contribution in [-0.4, -0.2) is 24.6 Å². The molecule has 20 heavy (non-hydrogen) atoms. The highest BCUT2D eigenvalue weighted by Crippen LogP contribution is 2.22. The second-order valence-electron chi connectivity index (χ2n) is 5.24. The van der Waals surface area contributed by atoms with E-state index in [2.05, 4.69) is 6.92 Å². The maximum Gasteiger partial charge on any atom is 0.226 e. The van der Waals surface area contributed by atoms with E-state index >= 15 is 0 Å². The van der Waals surface area contributed by atoms with Gasteiger partial charge < -0.3 is 15.7 Å². The molecular weight excluding hydrogens is 252 g/mol. The molecule has 3 N–H and O–H groups in total. The molecule has 0 saturated carbocycles. The van der Waals surface area contributed by atoms with Crippen molar-refractivity contribution >= 4 is 11.6 Å². The average Bonchev–Trinajstić information content (AvgIpc) is 2.44. The van der Waals surface area contributed by atoms with Crippen molar-refractivity contribution in [1.29, 1.82) is 0 Å². The third-order valence-electron chi connectivity index (χ3n) is 3.63. The first-order valence-corrected chi connectivity index (χ1v) is 7.34. The zero-order chi connectivity index (χ0) is 15.0. The molecule has 0 aliphatic heterocycles. The second kappa shape index (κ2) is 8.59. The Kier molecular flexibility index (Phi) is 7.09. The quantitative estimate of drug-likeness (QED) is 0.768. The van der Waals surface area contributed by atoms with Crippen LogP contribution in [0.2, 0.25) is 0 Å². The van der Waals surface area contributed by atoms with Crippen molar-refractivity contribution in [3.8, 4) is 5.75 Å². The predicted octanol–water partition coefficient (Wildman–Crippen LogP) is 2.90. The number of hydrogen-bond acceptors (Lipinski definition) is 3. The normalized spacial score (nSPS) is 12.2. The van der Waals surface area contributed by atoms with Gasteiger partial charge in [0, 0.05) is 25.2 Å². The smallest absolute Gasteiger partial charge is 0.226 e. The molecule has 4 nitrogen and oxygen atoms in total. The molecule has 0 bridgehead atoms. The van der Waals surface area contributed by atoms with Gasteiger partial charge in [0.2, 0.25) is 5.91 Å². The molecular formula is C16H26N2O2. The van der Waals surface area contributed by atoms with E-state index in [1.54, 1.807) is 30.1 Å². The minimum absolute atomic E-state index is 0.0775. The maximum absolute atomic E-state index is 12.2. The Hall–Kier alpha value is -1.55. The molecule has 1 rings (SSSR count). The van der Waals surface area contributed by atoms with Crippen molar-refractivity contribution < 1.29 is 9.90 Å². The Morgan fingerprint density at radius 2 is 2.10 bits per heavy atom. The molecule has 1 amide bonds. The van der Waals surface area contributed by atoms with Crippen LogP contribution in [0.5, 0.6) is 5.75 Å². The van der Waals surface area contributed by atoms with E-state index in [4.69, 9.17) is 5.73 Å². The summed E-state index contributed by atoms with van der Waals surface area (Å²) in [7, 11) is 1.74. The molecule has 0 fully saturated rings. The van der Waals surface area contributed by atoms with Crippen LogP contribution in [0.1, 0.15) is 39.0 Å². The number of phenols is 1. The van der Waals surface area contributed by atoms with Gasteiger partial charge in [-0.25, -0.2) is 0 Å². The predicted molar refractivity (Wildman–Crippen MR) is 82.8 cm³/mol. The van der Waals surface area contributed by atoms with Gasteiger partial charge in [-0.3, -0.25) is 4.79 Å². The number of phenolic OH excluding ortho intramolecular Hbond substituents is 1. The number of aromatic hydroxyl groups is 1. The summed E-state index contributed by atoms with van der Waals surface area (Å²) in [5, 5.41) is 9.45. The number of nitrogens with zero attached hydrogens (tertiary/aromatic N) is 1. The molecule has 0 aliphatic carbocycles. The van der Waals surface area contributed by atoms with Gasteiger partial charge in [0.25, 0.3) is 0 Å². The fourth-order valence-electron chi connectivity index (χ4n) is 2.42. The lowest BCUT2D eigenvalue weighted by Crippen LogP contribution is -2.26. The molecule has 4 heteroatoms. The largest absolute Gasteiger partial charge is 0.508 e. The molecule has 0 radical (unpaired) electrons. The lowest BCUT2D eigenvalue weighted by atomic mass is 9.94. The summed E-state index contributed by atoms with van der Waals surface area (Å²) in [5.74, 6) is 0.786. The number of benzene rings is 1. The fraction of sp³-hybridized carbons (Fsp3) is 0.562. The lowest BCUT2D eigenvalue weighted by Gasteiger charge is -2.20. The minimum Gasteiger partial charge on any atom is -0.508 e. The third-order valence-corrected chi connectivity index (χ3v) is 3.63. The molecule has 0 aliphatic rings. The molecule has 0 aromatic heterocycles. The molecule has 1 unspecified atom stereocenters. The Morgan fingerprint density at radius 1 is 1.35 bits per heavy atom. The van der Waals surface area contributed by atoms with Crippen LogP contribution < -0.4 is 10.6 Å². The van der Waals surface area contributed by atoms with Gasteiger partial charge >= 0.3 is 0 Å². The SMILES string of the molecule is CCCC(CCN)CCC(=O)N(C)c1cccc(O)c1. The van der Waals surface area contributed by atoms with E-state index in [1.165, 1.54) is 0 Å². The van der Waals surface area contributed by atoms with Crippen LogP contribution in [0, 0.1) is 5.92 Å². The van der Waals surface area contributed by atoms with Crippen molar-refractivity contribution in [2.45, 2.75) is 39.0 Å². The van der Waals surface area contributed by atoms with Gasteiger partial charge in [-0.1, -0.05) is 25.8 Å². The summed E-state index contributed by atoms with van der Waals surface area (Å²) in [5.41, 5.74) is 6.33. The molecule has 1 aromatic rings. The number of anilines is 1. The highest BCUT2D eigenvalue weighted by molar-refractivity contribution is 5.92. The highest BCUT2D eigenvalue weighted by Gasteiger charge is 2.14. The first-order chi connectivity index (χ1) is 9.58. The van der Waals surface area contributed by atoms with Crippen LogP contribution in [0.25, 0.3) is 0 Å². The Balaban J connectivity index is 2.53. The number of carbonyl (C=O) groups is 1. The summed E-state index contributed by atoms with van der Waals surface area (Å²) in [6.45, 7) is 2.84. The molecule has 0 saturated heterocycles. The van der Waals surface area contributed by atoms with Crippen molar-refractivity contribution in [2.75, 3.05) is 18.5 Å². The summed E-state index contributed by atoms with van der Waals surface area (Å²) >= 11 is 0. The van der Waals surface area contributed by atoms with Crippen LogP contribution in [0.4, 0.5) is 5.69 Å². The summed E-state index contributed by atoms with van der Waals surface area (Å²) in [6.07, 6.45) is 4.64. The van der Waals surface area contributed by atoms with Crippen molar-refractivity contribution in [1.82, 2.24) is 0 Å². The summed E-state index contributed by atoms with van der Waals surface area (Å²) in [4.78, 5) is 13.8. The number of nitrogens with two attached hydrogens (primary N) is 1. The van der Waals surface area contributed by atoms with Gasteiger partial charge in [-0.05, 0) is 37.4 Å². The Bertz CT molecular complexity index is 415. The zero-order valence-corrected chi connectivity index (χ0v) is 12.5. The molecule has 0 heterocycles. The van der Waals surface area contributed by atoms with E-state index in [0.29, 0.717) is 18.9 Å². The van der Waals surface area contributed by atoms with Gasteiger partial charge in [0.15, 0.2) is 0 Å². The van der Waals surface area contributed by atoms with E-state index in [-0.39, 0.29) is 11.7 Å². The van der Waals surface area contributed by atoms with Crippen molar-refractivity contribution in [3.63, 3.8) is 0 Å². The summed E-state index contributed by atoms with van der Waals surface area (Å²) < 4.78 is 0. The number of hydrogen-bond donors (Lipinski definition) is 2. The van der Waals surface area contributed by atoms with E-state index in [9.17, 15) is 9.90 Å². The average molecular weight is 278 g/mol. The minimum atomic E-state index is 0.0775. The molecule has 1 atom stereocenters. The number of rotatable bonds is 8. The van der Waals surface area contributed by atoms with Crippen molar-refractivity contribution in [2.24, 2.45) is 11.7 Å². The fourth-order valence-corrected chi connectivity index (χ4v) is 2.42. The molecule has 112 valence electrons. The summed E-state index contributed by atoms with van der Waals surface area (Å²) in [6, 6.07) is 6.76. The van der Waals surface area contributed by atoms with Crippen molar-refractivity contribution in [3.05, 3.63) is 24.3 Å². The highest BCUT2D eigenvalue weighted by atomic mass is 16.3. The second-order valence-corrected chi connectivity index (χ2v) is 5.24. The topological polar surface area (TPSA) is 66.6 Å². The van der Waals surface area contributed by atoms with E-state index in [0.717, 1.165) is 31.4 Å². The molecule has 1 aromatic carbocycles. The Morgan fingerprint density at radius 3 is 2.70 bits per heavy atom. The zero-order valence-electron chi connectivity index (χ0n) is 12.5. The van der Waals surface area contributed by atoms with E-state index < -0.39 is 0 Å². The monoisotopic (exact) mass is 278 g/mol. The third kappa shape index (κ3) is 5.21. The van der Waals surface area contributed by atoms with Crippen LogP contribution in [0.15, 0.2) is 24.3 Å². The van der Waals surface area contributed by atoms with E-state index in [1.807, 2.05) is 6.07 Å². The van der Waals surface area contributed by atoms with Gasteiger partial charge in [-0.15, -0.1) is 0 Å². The lowest BCUT2D eigenvalue weighted by molar-refractivity contribution is -0.118. The van der Waals surface area contributed by atoms with Gasteiger partial charge in [-0.2, -0.15) is 0 Å². The maximum atomic E-state index is 12.2. The number of carbonyl (C=O) groups excluding carboxylic acids is 1. The first-order valence-electron chi connectivity index (χ1n) is 7.34. The van der Waals surface area contributed by atoms with Crippen LogP contribution in [0.3, 0.4) is 0 Å².